The summed E-state index contributed by atoms with van der Waals surface area (Å²) in [6, 6.07) is 13.0. The van der Waals surface area contributed by atoms with Gasteiger partial charge in [0.15, 0.2) is 5.92 Å². The maximum absolute atomic E-state index is 14.0. The van der Waals surface area contributed by atoms with Crippen LogP contribution in [0.15, 0.2) is 59.8 Å². The molecule has 3 aromatic rings. The summed E-state index contributed by atoms with van der Waals surface area (Å²) >= 11 is 0. The van der Waals surface area contributed by atoms with Gasteiger partial charge in [-0.1, -0.05) is 25.1 Å². The average Bonchev–Trinajstić information content (AvgIpc) is 3.26. The maximum atomic E-state index is 14.0. The molecule has 0 saturated heterocycles. The van der Waals surface area contributed by atoms with Crippen LogP contribution in [0.25, 0.3) is 10.9 Å². The monoisotopic (exact) mass is 424 g/mol. The van der Waals surface area contributed by atoms with E-state index in [0.29, 0.717) is 11.4 Å². The number of amides is 2. The molecule has 2 aromatic carbocycles. The third kappa shape index (κ3) is 3.69. The van der Waals surface area contributed by atoms with E-state index < -0.39 is 23.7 Å². The molecule has 1 atom stereocenters. The summed E-state index contributed by atoms with van der Waals surface area (Å²) in [4.78, 5) is 25.8. The molecule has 8 heteroatoms. The van der Waals surface area contributed by atoms with Crippen molar-refractivity contribution in [2.45, 2.75) is 26.2 Å². The minimum absolute atomic E-state index is 0.187. The van der Waals surface area contributed by atoms with Gasteiger partial charge >= 0.3 is 0 Å². The Bertz CT molecular complexity index is 1220. The molecule has 1 aliphatic rings. The Labute approximate surface area is 178 Å². The van der Waals surface area contributed by atoms with E-state index in [-0.39, 0.29) is 17.7 Å². The van der Waals surface area contributed by atoms with Crippen LogP contribution in [0, 0.1) is 5.92 Å². The first-order chi connectivity index (χ1) is 14.7. The van der Waals surface area contributed by atoms with Gasteiger partial charge in [0.25, 0.3) is 11.8 Å². The van der Waals surface area contributed by atoms with Crippen LogP contribution in [-0.4, -0.2) is 22.1 Å². The van der Waals surface area contributed by atoms with Crippen LogP contribution in [-0.2, 0) is 22.6 Å². The molecule has 160 valence electrons. The molecule has 2 heterocycles. The molecule has 1 unspecified atom stereocenters. The predicted molar refractivity (Wildman–Crippen MR) is 116 cm³/mol. The molecule has 0 fully saturated rings. The highest BCUT2D eigenvalue weighted by Crippen LogP contribution is 2.33. The summed E-state index contributed by atoms with van der Waals surface area (Å²) in [6.07, 6.45) is 1.57. The van der Waals surface area contributed by atoms with E-state index in [4.69, 9.17) is 0 Å². The second kappa shape index (κ2) is 7.61. The fourth-order valence-corrected chi connectivity index (χ4v) is 3.68. The van der Waals surface area contributed by atoms with Gasteiger partial charge in [0.05, 0.1) is 11.4 Å². The Kier molecular flexibility index (Phi) is 5.08. The standard InChI is InChI=1S/C23H22F2N4O2/c1-4-23(24,25)16-6-5-7-17(12-16)26-21(30)20-14(2)27-29(22(20)31)18-9-8-15-10-11-28(3)19(15)13-18/h5-13,20H,4H2,1-3H3,(H,26,30). The molecule has 0 bridgehead atoms. The zero-order valence-corrected chi connectivity index (χ0v) is 17.4. The van der Waals surface area contributed by atoms with Gasteiger partial charge in [-0.05, 0) is 42.6 Å². The number of nitrogens with one attached hydrogen (secondary N) is 1. The van der Waals surface area contributed by atoms with Crippen molar-refractivity contribution >= 4 is 39.8 Å². The molecule has 2 amide bonds. The molecule has 0 saturated carbocycles. The van der Waals surface area contributed by atoms with Gasteiger partial charge in [-0.15, -0.1) is 0 Å². The van der Waals surface area contributed by atoms with E-state index in [1.807, 2.05) is 36.0 Å². The zero-order chi connectivity index (χ0) is 22.3. The van der Waals surface area contributed by atoms with E-state index in [1.54, 1.807) is 13.0 Å². The Morgan fingerprint density at radius 3 is 2.71 bits per heavy atom. The van der Waals surface area contributed by atoms with Crippen LogP contribution in [0.5, 0.6) is 0 Å². The smallest absolute Gasteiger partial charge is 0.273 e. The lowest BCUT2D eigenvalue weighted by atomic mass is 10.0. The second-order valence-electron chi connectivity index (χ2n) is 7.62. The van der Waals surface area contributed by atoms with E-state index in [0.717, 1.165) is 10.9 Å². The van der Waals surface area contributed by atoms with Crippen molar-refractivity contribution in [1.82, 2.24) is 4.57 Å². The van der Waals surface area contributed by atoms with Crippen LogP contribution in [0.4, 0.5) is 20.2 Å². The number of benzene rings is 2. The third-order valence-corrected chi connectivity index (χ3v) is 5.51. The summed E-state index contributed by atoms with van der Waals surface area (Å²) in [5.74, 6) is -5.21. The van der Waals surface area contributed by atoms with Crippen LogP contribution in [0.2, 0.25) is 0 Å². The Morgan fingerprint density at radius 2 is 1.97 bits per heavy atom. The summed E-state index contributed by atoms with van der Waals surface area (Å²) in [5.41, 5.74) is 1.84. The fourth-order valence-electron chi connectivity index (χ4n) is 3.68. The highest BCUT2D eigenvalue weighted by atomic mass is 19.3. The van der Waals surface area contributed by atoms with Crippen LogP contribution < -0.4 is 10.3 Å². The molecule has 0 aliphatic carbocycles. The van der Waals surface area contributed by atoms with Crippen molar-refractivity contribution in [2.75, 3.05) is 10.3 Å². The first-order valence-electron chi connectivity index (χ1n) is 9.94. The summed E-state index contributed by atoms with van der Waals surface area (Å²) in [7, 11) is 1.90. The Morgan fingerprint density at radius 1 is 1.19 bits per heavy atom. The van der Waals surface area contributed by atoms with Gasteiger partial charge in [-0.25, -0.2) is 8.78 Å². The lowest BCUT2D eigenvalue weighted by Gasteiger charge is -2.17. The van der Waals surface area contributed by atoms with Crippen molar-refractivity contribution < 1.29 is 18.4 Å². The van der Waals surface area contributed by atoms with Gasteiger partial charge in [-0.2, -0.15) is 10.1 Å². The maximum Gasteiger partial charge on any atom is 0.273 e. The summed E-state index contributed by atoms with van der Waals surface area (Å²) in [6.45, 7) is 2.99. The van der Waals surface area contributed by atoms with Crippen molar-refractivity contribution in [2.24, 2.45) is 18.1 Å². The molecular weight excluding hydrogens is 402 g/mol. The number of anilines is 2. The number of alkyl halides is 2. The minimum Gasteiger partial charge on any atom is -0.350 e. The number of aromatic nitrogens is 1. The van der Waals surface area contributed by atoms with Gasteiger partial charge in [0.1, 0.15) is 0 Å². The predicted octanol–water partition coefficient (Wildman–Crippen LogP) is 4.66. The fraction of sp³-hybridized carbons (Fsp3) is 0.261. The lowest BCUT2D eigenvalue weighted by Crippen LogP contribution is -2.36. The number of hydrazone groups is 1. The normalized spacial score (nSPS) is 16.7. The number of halogens is 2. The van der Waals surface area contributed by atoms with Gasteiger partial charge in [-0.3, -0.25) is 9.59 Å². The van der Waals surface area contributed by atoms with Gasteiger partial charge < -0.3 is 9.88 Å². The van der Waals surface area contributed by atoms with Crippen molar-refractivity contribution in [3.63, 3.8) is 0 Å². The zero-order valence-electron chi connectivity index (χ0n) is 17.4. The molecule has 0 radical (unpaired) electrons. The first-order valence-corrected chi connectivity index (χ1v) is 9.94. The van der Waals surface area contributed by atoms with Crippen LogP contribution in [0.3, 0.4) is 0 Å². The number of rotatable bonds is 5. The molecule has 4 rings (SSSR count). The van der Waals surface area contributed by atoms with Gasteiger partial charge in [0.2, 0.25) is 5.91 Å². The molecule has 0 spiro atoms. The number of carbonyl (C=O) groups excluding carboxylic acids is 2. The minimum atomic E-state index is -2.99. The third-order valence-electron chi connectivity index (χ3n) is 5.51. The molecule has 6 nitrogen and oxygen atoms in total. The number of aryl methyl sites for hydroxylation is 1. The average molecular weight is 424 g/mol. The molecule has 1 aliphatic heterocycles. The van der Waals surface area contributed by atoms with E-state index in [2.05, 4.69) is 10.4 Å². The van der Waals surface area contributed by atoms with Crippen molar-refractivity contribution in [3.8, 4) is 0 Å². The summed E-state index contributed by atoms with van der Waals surface area (Å²) in [5, 5.41) is 9.11. The second-order valence-corrected chi connectivity index (χ2v) is 7.62. The molecule has 1 aromatic heterocycles. The van der Waals surface area contributed by atoms with E-state index >= 15 is 0 Å². The van der Waals surface area contributed by atoms with Gasteiger partial charge in [0, 0.05) is 36.4 Å². The number of fused-ring (bicyclic) bond motifs is 1. The van der Waals surface area contributed by atoms with Crippen LogP contribution in [0.1, 0.15) is 25.8 Å². The molecule has 1 N–H and O–H groups in total. The number of carbonyl (C=O) groups is 2. The van der Waals surface area contributed by atoms with Crippen LogP contribution >= 0.6 is 0 Å². The molecular formula is C23H22F2N4O2. The highest BCUT2D eigenvalue weighted by Gasteiger charge is 2.40. The lowest BCUT2D eigenvalue weighted by molar-refractivity contribution is -0.127. The first kappa shape index (κ1) is 20.7. The highest BCUT2D eigenvalue weighted by molar-refractivity contribution is 6.28. The summed E-state index contributed by atoms with van der Waals surface area (Å²) < 4.78 is 29.9. The number of hydrogen-bond donors (Lipinski definition) is 1. The Hall–Kier alpha value is -3.55. The molecule has 31 heavy (non-hydrogen) atoms. The van der Waals surface area contributed by atoms with E-state index in [9.17, 15) is 18.4 Å². The number of nitrogens with zero attached hydrogens (tertiary/aromatic N) is 3. The van der Waals surface area contributed by atoms with E-state index in [1.165, 1.54) is 36.2 Å². The largest absolute Gasteiger partial charge is 0.350 e. The Balaban J connectivity index is 1.56. The quantitative estimate of drug-likeness (QED) is 0.606. The van der Waals surface area contributed by atoms with Crippen molar-refractivity contribution in [1.29, 1.82) is 0 Å². The topological polar surface area (TPSA) is 66.7 Å². The number of hydrogen-bond acceptors (Lipinski definition) is 3. The SMILES string of the molecule is CCC(F)(F)c1cccc(NC(=O)C2C(=O)N(c3ccc4ccn(C)c4c3)N=C2C)c1. The van der Waals surface area contributed by atoms with Crippen molar-refractivity contribution in [3.05, 3.63) is 60.3 Å².